The Labute approximate surface area is 110 Å². The second kappa shape index (κ2) is 6.60. The average Bonchev–Trinajstić information content (AvgIpc) is 2.85. The van der Waals surface area contributed by atoms with Crippen molar-refractivity contribution in [2.75, 3.05) is 19.7 Å². The quantitative estimate of drug-likeness (QED) is 0.775. The maximum Gasteiger partial charge on any atom is 0.122 e. The van der Waals surface area contributed by atoms with Gasteiger partial charge >= 0.3 is 0 Å². The minimum atomic E-state index is 0.835. The van der Waals surface area contributed by atoms with Crippen LogP contribution in [0.3, 0.4) is 0 Å². The monoisotopic (exact) mass is 245 g/mol. The van der Waals surface area contributed by atoms with Crippen LogP contribution < -0.4 is 10.1 Å². The summed E-state index contributed by atoms with van der Waals surface area (Å²) in [4.78, 5) is 0. The van der Waals surface area contributed by atoms with Gasteiger partial charge in [0.25, 0.3) is 0 Å². The first-order valence-corrected chi connectivity index (χ1v) is 6.99. The molecule has 0 saturated carbocycles. The standard InChI is InChI=1S/C16H23NO/c1-3-8-17-12-13(4-2)10-14-5-6-16-15(11-14)7-9-18-16/h5-6,10-11,17H,3-4,7-9,12H2,1-2H3. The molecule has 2 heteroatoms. The van der Waals surface area contributed by atoms with Gasteiger partial charge in [-0.15, -0.1) is 0 Å². The predicted molar refractivity (Wildman–Crippen MR) is 77.1 cm³/mol. The van der Waals surface area contributed by atoms with E-state index in [0.29, 0.717) is 0 Å². The minimum Gasteiger partial charge on any atom is -0.493 e. The van der Waals surface area contributed by atoms with Gasteiger partial charge in [-0.3, -0.25) is 0 Å². The Morgan fingerprint density at radius 3 is 3.06 bits per heavy atom. The second-order valence-electron chi connectivity index (χ2n) is 4.80. The lowest BCUT2D eigenvalue weighted by Gasteiger charge is -2.07. The van der Waals surface area contributed by atoms with Gasteiger partial charge in [0.1, 0.15) is 5.75 Å². The van der Waals surface area contributed by atoms with Gasteiger partial charge in [0.05, 0.1) is 6.61 Å². The third-order valence-electron chi connectivity index (χ3n) is 3.32. The highest BCUT2D eigenvalue weighted by Gasteiger charge is 2.11. The number of nitrogens with one attached hydrogen (secondary N) is 1. The summed E-state index contributed by atoms with van der Waals surface area (Å²) in [5.74, 6) is 1.06. The van der Waals surface area contributed by atoms with Gasteiger partial charge in [-0.1, -0.05) is 31.6 Å². The summed E-state index contributed by atoms with van der Waals surface area (Å²) in [6.07, 6.45) is 5.64. The van der Waals surface area contributed by atoms with Gasteiger partial charge in [-0.2, -0.15) is 0 Å². The molecule has 0 saturated heterocycles. The van der Waals surface area contributed by atoms with Crippen LogP contribution in [0.1, 0.15) is 37.8 Å². The van der Waals surface area contributed by atoms with Crippen LogP contribution in [0.4, 0.5) is 0 Å². The lowest BCUT2D eigenvalue weighted by molar-refractivity contribution is 0.357. The normalized spacial score (nSPS) is 14.4. The van der Waals surface area contributed by atoms with E-state index in [9.17, 15) is 0 Å². The number of hydrogen-bond acceptors (Lipinski definition) is 2. The molecule has 0 amide bonds. The third kappa shape index (κ3) is 3.36. The minimum absolute atomic E-state index is 0.835. The van der Waals surface area contributed by atoms with Gasteiger partial charge < -0.3 is 10.1 Å². The van der Waals surface area contributed by atoms with E-state index in [1.54, 1.807) is 0 Å². The molecule has 0 spiro atoms. The molecular formula is C16H23NO. The van der Waals surface area contributed by atoms with Crippen LogP contribution in [0.2, 0.25) is 0 Å². The maximum absolute atomic E-state index is 5.53. The zero-order chi connectivity index (χ0) is 12.8. The average molecular weight is 245 g/mol. The van der Waals surface area contributed by atoms with Gasteiger partial charge in [-0.05, 0) is 42.6 Å². The number of ether oxygens (including phenoxy) is 1. The molecule has 1 aliphatic heterocycles. The molecule has 0 aromatic heterocycles. The number of benzene rings is 1. The van der Waals surface area contributed by atoms with Crippen molar-refractivity contribution in [2.45, 2.75) is 33.1 Å². The Hall–Kier alpha value is -1.28. The number of fused-ring (bicyclic) bond motifs is 1. The maximum atomic E-state index is 5.53. The first kappa shape index (κ1) is 13.2. The van der Waals surface area contributed by atoms with Gasteiger partial charge in [-0.25, -0.2) is 0 Å². The van der Waals surface area contributed by atoms with E-state index in [1.165, 1.54) is 23.1 Å². The van der Waals surface area contributed by atoms with Crippen molar-refractivity contribution in [3.63, 3.8) is 0 Å². The first-order chi connectivity index (χ1) is 8.83. The van der Waals surface area contributed by atoms with Crippen LogP contribution >= 0.6 is 0 Å². The van der Waals surface area contributed by atoms with E-state index in [4.69, 9.17) is 4.74 Å². The predicted octanol–water partition coefficient (Wildman–Crippen LogP) is 3.41. The Morgan fingerprint density at radius 2 is 2.28 bits per heavy atom. The van der Waals surface area contributed by atoms with Crippen molar-refractivity contribution in [3.8, 4) is 5.75 Å². The fraction of sp³-hybridized carbons (Fsp3) is 0.500. The van der Waals surface area contributed by atoms with Crippen molar-refractivity contribution >= 4 is 6.08 Å². The van der Waals surface area contributed by atoms with Gasteiger partial charge in [0.15, 0.2) is 0 Å². The molecule has 2 rings (SSSR count). The molecule has 0 unspecified atom stereocenters. The zero-order valence-electron chi connectivity index (χ0n) is 11.5. The molecule has 0 atom stereocenters. The molecule has 2 nitrogen and oxygen atoms in total. The summed E-state index contributed by atoms with van der Waals surface area (Å²) in [7, 11) is 0. The van der Waals surface area contributed by atoms with E-state index in [-0.39, 0.29) is 0 Å². The van der Waals surface area contributed by atoms with E-state index in [1.807, 2.05) is 0 Å². The van der Waals surface area contributed by atoms with Crippen molar-refractivity contribution in [1.82, 2.24) is 5.32 Å². The molecule has 0 fully saturated rings. The number of rotatable bonds is 6. The van der Waals surface area contributed by atoms with Crippen molar-refractivity contribution in [1.29, 1.82) is 0 Å². The molecule has 1 aromatic rings. The molecule has 0 aliphatic carbocycles. The molecule has 0 bridgehead atoms. The van der Waals surface area contributed by atoms with E-state index >= 15 is 0 Å². The summed E-state index contributed by atoms with van der Waals surface area (Å²) >= 11 is 0. The Kier molecular flexibility index (Phi) is 4.82. The smallest absolute Gasteiger partial charge is 0.122 e. The van der Waals surface area contributed by atoms with Crippen LogP contribution in [0, 0.1) is 0 Å². The highest BCUT2D eigenvalue weighted by atomic mass is 16.5. The molecule has 1 aliphatic rings. The molecule has 0 radical (unpaired) electrons. The topological polar surface area (TPSA) is 21.3 Å². The van der Waals surface area contributed by atoms with Crippen molar-refractivity contribution in [2.24, 2.45) is 0 Å². The van der Waals surface area contributed by atoms with Gasteiger partial charge in [0, 0.05) is 13.0 Å². The van der Waals surface area contributed by atoms with Crippen molar-refractivity contribution in [3.05, 3.63) is 34.9 Å². The fourth-order valence-corrected chi connectivity index (χ4v) is 2.24. The molecule has 1 heterocycles. The zero-order valence-corrected chi connectivity index (χ0v) is 11.5. The van der Waals surface area contributed by atoms with E-state index in [0.717, 1.165) is 38.3 Å². The summed E-state index contributed by atoms with van der Waals surface area (Å²) in [5.41, 5.74) is 4.11. The fourth-order valence-electron chi connectivity index (χ4n) is 2.24. The van der Waals surface area contributed by atoms with Crippen LogP contribution in [0.25, 0.3) is 6.08 Å². The summed E-state index contributed by atoms with van der Waals surface area (Å²) in [6.45, 7) is 7.34. The van der Waals surface area contributed by atoms with Crippen molar-refractivity contribution < 1.29 is 4.74 Å². The molecular weight excluding hydrogens is 222 g/mol. The molecule has 1 N–H and O–H groups in total. The summed E-state index contributed by atoms with van der Waals surface area (Å²) in [6, 6.07) is 6.51. The summed E-state index contributed by atoms with van der Waals surface area (Å²) < 4.78 is 5.53. The lowest BCUT2D eigenvalue weighted by Crippen LogP contribution is -2.17. The Morgan fingerprint density at radius 1 is 1.39 bits per heavy atom. The van der Waals surface area contributed by atoms with Crippen LogP contribution in [-0.4, -0.2) is 19.7 Å². The second-order valence-corrected chi connectivity index (χ2v) is 4.80. The van der Waals surface area contributed by atoms with E-state index in [2.05, 4.69) is 43.4 Å². The van der Waals surface area contributed by atoms with Crippen LogP contribution in [0.15, 0.2) is 23.8 Å². The molecule has 18 heavy (non-hydrogen) atoms. The van der Waals surface area contributed by atoms with Gasteiger partial charge in [0.2, 0.25) is 0 Å². The first-order valence-electron chi connectivity index (χ1n) is 6.99. The highest BCUT2D eigenvalue weighted by molar-refractivity contribution is 5.57. The highest BCUT2D eigenvalue weighted by Crippen LogP contribution is 2.26. The third-order valence-corrected chi connectivity index (χ3v) is 3.32. The Bertz CT molecular complexity index is 423. The molecule has 98 valence electrons. The number of hydrogen-bond donors (Lipinski definition) is 1. The van der Waals surface area contributed by atoms with Crippen LogP contribution in [0.5, 0.6) is 5.75 Å². The van der Waals surface area contributed by atoms with E-state index < -0.39 is 0 Å². The SMILES string of the molecule is CCCNCC(=Cc1ccc2c(c1)CCO2)CC. The molecule has 1 aromatic carbocycles. The largest absolute Gasteiger partial charge is 0.493 e. The Balaban J connectivity index is 2.05. The van der Waals surface area contributed by atoms with Crippen LogP contribution in [-0.2, 0) is 6.42 Å². The summed E-state index contributed by atoms with van der Waals surface area (Å²) in [5, 5.41) is 3.47. The lowest BCUT2D eigenvalue weighted by atomic mass is 10.0.